The van der Waals surface area contributed by atoms with Gasteiger partial charge in [-0.1, -0.05) is 17.7 Å². The Balaban J connectivity index is 1.37. The molecule has 8 rings (SSSR count). The van der Waals surface area contributed by atoms with Gasteiger partial charge in [0, 0.05) is 29.8 Å². The number of nitrogens with two attached hydrogens (primary N) is 1. The molecule has 4 aliphatic rings. The Hall–Kier alpha value is -3.81. The second-order valence-electron chi connectivity index (χ2n) is 13.3. The van der Waals surface area contributed by atoms with Gasteiger partial charge in [0.05, 0.1) is 38.8 Å². The molecule has 264 valence electrons. The highest BCUT2D eigenvalue weighted by molar-refractivity contribution is 7.23. The minimum Gasteiger partial charge on any atom is -0.486 e. The zero-order valence-electron chi connectivity index (χ0n) is 26.0. The molecular formula is C33H28ClF7N6O2S. The molecule has 5 atom stereocenters. The number of benzene rings is 2. The van der Waals surface area contributed by atoms with Gasteiger partial charge in [-0.25, -0.2) is 30.7 Å². The smallest absolute Gasteiger partial charge is 0.319 e. The lowest BCUT2D eigenvalue weighted by Gasteiger charge is -2.32. The van der Waals surface area contributed by atoms with Crippen molar-refractivity contribution in [2.75, 3.05) is 36.9 Å². The lowest BCUT2D eigenvalue weighted by molar-refractivity contribution is 0.0730. The van der Waals surface area contributed by atoms with Gasteiger partial charge in [-0.05, 0) is 43.9 Å². The predicted molar refractivity (Wildman–Crippen MR) is 173 cm³/mol. The number of nitrogens with zero attached hydrogens (tertiary/aromatic N) is 5. The Morgan fingerprint density at radius 3 is 2.72 bits per heavy atom. The van der Waals surface area contributed by atoms with Crippen LogP contribution in [-0.2, 0) is 0 Å². The van der Waals surface area contributed by atoms with Crippen molar-refractivity contribution >= 4 is 54.7 Å². The number of anilines is 2. The van der Waals surface area contributed by atoms with Crippen molar-refractivity contribution in [2.45, 2.75) is 68.8 Å². The third kappa shape index (κ3) is 5.10. The number of aromatic nitrogens is 2. The number of fused-ring (bicyclic) bond motifs is 3. The van der Waals surface area contributed by atoms with E-state index < -0.39 is 72.3 Å². The molecule has 2 aromatic carbocycles. The quantitative estimate of drug-likeness (QED) is 0.192. The van der Waals surface area contributed by atoms with Crippen LogP contribution >= 0.6 is 22.9 Å². The molecule has 8 nitrogen and oxygen atoms in total. The van der Waals surface area contributed by atoms with E-state index in [-0.39, 0.29) is 86.2 Å². The molecule has 1 saturated carbocycles. The van der Waals surface area contributed by atoms with Crippen LogP contribution in [0.4, 0.5) is 41.6 Å². The number of hydrogen-bond donors (Lipinski definition) is 1. The minimum absolute atomic E-state index is 0.0139. The summed E-state index contributed by atoms with van der Waals surface area (Å²) in [7, 11) is 0. The average molecular weight is 741 g/mol. The van der Waals surface area contributed by atoms with Crippen LogP contribution < -0.4 is 20.1 Å². The fraction of sp³-hybridized carbons (Fsp3) is 0.485. The zero-order valence-corrected chi connectivity index (χ0v) is 27.6. The van der Waals surface area contributed by atoms with Crippen LogP contribution in [0.3, 0.4) is 0 Å². The van der Waals surface area contributed by atoms with Crippen molar-refractivity contribution in [1.29, 1.82) is 5.26 Å². The molecule has 2 N–H and O–H groups in total. The van der Waals surface area contributed by atoms with E-state index in [1.54, 1.807) is 0 Å². The van der Waals surface area contributed by atoms with Gasteiger partial charge in [-0.15, -0.1) is 11.3 Å². The van der Waals surface area contributed by atoms with Crippen LogP contribution in [0.5, 0.6) is 11.8 Å². The van der Waals surface area contributed by atoms with Gasteiger partial charge in [-0.2, -0.15) is 15.2 Å². The first-order valence-electron chi connectivity index (χ1n) is 16.1. The second-order valence-corrected chi connectivity index (χ2v) is 14.8. The van der Waals surface area contributed by atoms with Crippen molar-refractivity contribution in [3.05, 3.63) is 34.4 Å². The van der Waals surface area contributed by atoms with Crippen molar-refractivity contribution < 1.29 is 40.2 Å². The molecule has 4 aromatic rings. The van der Waals surface area contributed by atoms with Crippen molar-refractivity contribution in [1.82, 2.24) is 14.9 Å². The molecular weight excluding hydrogens is 713 g/mol. The molecule has 17 heteroatoms. The van der Waals surface area contributed by atoms with Crippen LogP contribution in [-0.4, -0.2) is 77.8 Å². The summed E-state index contributed by atoms with van der Waals surface area (Å²) in [6, 6.07) is 2.77. The molecule has 3 aliphatic heterocycles. The number of nitriles is 1. The summed E-state index contributed by atoms with van der Waals surface area (Å²) in [6.07, 6.45) is -6.72. The lowest BCUT2D eigenvalue weighted by atomic mass is 9.95. The molecule has 5 heterocycles. The van der Waals surface area contributed by atoms with Gasteiger partial charge in [0.1, 0.15) is 47.1 Å². The Labute approximate surface area is 289 Å². The molecule has 0 radical (unpaired) electrons. The van der Waals surface area contributed by atoms with E-state index in [2.05, 4.69) is 9.97 Å². The first-order valence-corrected chi connectivity index (χ1v) is 17.2. The number of ether oxygens (including phenoxy) is 2. The van der Waals surface area contributed by atoms with Gasteiger partial charge in [0.2, 0.25) is 6.43 Å². The second kappa shape index (κ2) is 12.2. The van der Waals surface area contributed by atoms with E-state index in [0.717, 1.165) is 28.7 Å². The van der Waals surface area contributed by atoms with Crippen LogP contribution in [0.1, 0.15) is 37.7 Å². The van der Waals surface area contributed by atoms with E-state index in [9.17, 15) is 27.2 Å². The maximum Gasteiger partial charge on any atom is 0.319 e. The highest BCUT2D eigenvalue weighted by atomic mass is 35.5. The Morgan fingerprint density at radius 2 is 1.98 bits per heavy atom. The summed E-state index contributed by atoms with van der Waals surface area (Å²) in [5.74, 6) is -3.48. The number of rotatable bonds is 7. The molecule has 0 amide bonds. The number of halogens is 8. The lowest BCUT2D eigenvalue weighted by Crippen LogP contribution is -2.45. The van der Waals surface area contributed by atoms with Gasteiger partial charge in [0.15, 0.2) is 11.6 Å². The molecule has 2 aromatic heterocycles. The summed E-state index contributed by atoms with van der Waals surface area (Å²) in [5.41, 5.74) is 4.43. The summed E-state index contributed by atoms with van der Waals surface area (Å²) >= 11 is 7.73. The number of alkyl halides is 5. The SMILES string of the molecule is N#Cc1c(N)sc2c(F)ccc(-c3c(Cl)c4c5c(nc(OC[C@@]67CCCN6C[C@H](F)C7)nc5c3F)N(CC(F)F)C3CC(C(F)F)CC3O4)c12. The number of nitrogen functional groups attached to an aromatic ring is 1. The topological polar surface area (TPSA) is 101 Å². The van der Waals surface area contributed by atoms with E-state index in [4.69, 9.17) is 26.8 Å². The number of thiophene rings is 1. The van der Waals surface area contributed by atoms with E-state index in [1.165, 1.54) is 6.07 Å². The summed E-state index contributed by atoms with van der Waals surface area (Å²) in [4.78, 5) is 12.0. The fourth-order valence-electron chi connectivity index (χ4n) is 8.36. The summed E-state index contributed by atoms with van der Waals surface area (Å²) in [5, 5.41) is 9.32. The van der Waals surface area contributed by atoms with E-state index in [0.29, 0.717) is 13.0 Å². The molecule has 0 spiro atoms. The Kier molecular flexibility index (Phi) is 8.11. The average Bonchev–Trinajstić information content (AvgIpc) is 3.81. The van der Waals surface area contributed by atoms with Crippen LogP contribution in [0.2, 0.25) is 5.02 Å². The molecule has 50 heavy (non-hydrogen) atoms. The normalized spacial score (nSPS) is 26.1. The first kappa shape index (κ1) is 33.3. The zero-order chi connectivity index (χ0) is 35.2. The molecule has 3 unspecified atom stereocenters. The maximum atomic E-state index is 17.2. The third-order valence-corrected chi connectivity index (χ3v) is 11.9. The molecule has 3 fully saturated rings. The van der Waals surface area contributed by atoms with Crippen molar-refractivity contribution in [3.63, 3.8) is 0 Å². The minimum atomic E-state index is -2.95. The summed E-state index contributed by atoms with van der Waals surface area (Å²) in [6.45, 7) is -0.140. The van der Waals surface area contributed by atoms with Gasteiger partial charge in [0.25, 0.3) is 6.43 Å². The first-order chi connectivity index (χ1) is 23.9. The standard InChI is InChI=1S/C33H28ClF7N6O2S/c34-24-22(15-2-3-17(36)28-21(15)16(9-42)30(43)50-28)25(39)26-23-27(24)49-19-7-13(29(40)41)6-18(19)47(11-20(37)38)31(23)45-32(44-26)48-12-33-4-1-5-46(33)10-14(35)8-33/h2-3,13-14,18-20,29H,1,4-8,10-12,43H2/t13?,14-,18?,19?,33+/m1/s1. The van der Waals surface area contributed by atoms with E-state index in [1.807, 2.05) is 11.0 Å². The van der Waals surface area contributed by atoms with Gasteiger partial charge in [-0.3, -0.25) is 4.90 Å². The molecule has 0 bridgehead atoms. The van der Waals surface area contributed by atoms with E-state index >= 15 is 8.78 Å². The van der Waals surface area contributed by atoms with Gasteiger partial charge >= 0.3 is 6.01 Å². The molecule has 1 aliphatic carbocycles. The highest BCUT2D eigenvalue weighted by Gasteiger charge is 2.50. The van der Waals surface area contributed by atoms with Crippen LogP contribution in [0.15, 0.2) is 12.1 Å². The predicted octanol–water partition coefficient (Wildman–Crippen LogP) is 7.73. The number of hydrogen-bond acceptors (Lipinski definition) is 9. The Morgan fingerprint density at radius 1 is 1.18 bits per heavy atom. The largest absolute Gasteiger partial charge is 0.486 e. The van der Waals surface area contributed by atoms with Crippen LogP contribution in [0.25, 0.3) is 32.1 Å². The Bertz CT molecular complexity index is 2080. The van der Waals surface area contributed by atoms with Crippen molar-refractivity contribution in [3.8, 4) is 29.0 Å². The third-order valence-electron chi connectivity index (χ3n) is 10.5. The molecule has 2 saturated heterocycles. The monoisotopic (exact) mass is 740 g/mol. The van der Waals surface area contributed by atoms with Gasteiger partial charge < -0.3 is 20.1 Å². The summed E-state index contributed by atoms with van der Waals surface area (Å²) < 4.78 is 116. The van der Waals surface area contributed by atoms with Crippen molar-refractivity contribution in [2.24, 2.45) is 5.92 Å². The van der Waals surface area contributed by atoms with Crippen LogP contribution in [0, 0.1) is 28.9 Å². The highest BCUT2D eigenvalue weighted by Crippen LogP contribution is 2.53. The maximum absolute atomic E-state index is 17.2. The fourth-order valence-corrected chi connectivity index (χ4v) is 9.64.